The third kappa shape index (κ3) is 11.9. The van der Waals surface area contributed by atoms with Gasteiger partial charge in [-0.05, 0) is 113 Å². The lowest BCUT2D eigenvalue weighted by Gasteiger charge is -2.47. The Morgan fingerprint density at radius 2 is 1.59 bits per heavy atom. The molecule has 0 spiro atoms. The van der Waals surface area contributed by atoms with Crippen molar-refractivity contribution in [2.45, 2.75) is 167 Å². The van der Waals surface area contributed by atoms with Crippen LogP contribution in [0.25, 0.3) is 0 Å². The van der Waals surface area contributed by atoms with Gasteiger partial charge in [0, 0.05) is 45.6 Å². The normalized spacial score (nSPS) is 38.7. The maximum atomic E-state index is 14.9. The summed E-state index contributed by atoms with van der Waals surface area (Å²) in [6.45, 7) is 11.6. The van der Waals surface area contributed by atoms with Crippen LogP contribution >= 0.6 is 0 Å². The van der Waals surface area contributed by atoms with Gasteiger partial charge in [0.2, 0.25) is 5.79 Å². The SMILES string of the molecule is CC[C@@H]1/C=C(\C)C[C@H](C)C[C@H](OC)[C@H]2O[C@@](O)(C(=O)C(=O)N3CCCC[C@H]3C(=O)O[C@H](/C(C)=C/[C@@H]3CC[C@@H](O)[C@H](OC)C3)[C@H](C)CC(C(O)c3ccccc3)C1=O)[C@H](C)C[C@@H]2OC. The summed E-state index contributed by atoms with van der Waals surface area (Å²) in [6.07, 6.45) is 4.12. The molecule has 1 aliphatic carbocycles. The van der Waals surface area contributed by atoms with Crippen molar-refractivity contribution < 1.29 is 58.2 Å². The van der Waals surface area contributed by atoms with Crippen LogP contribution in [0.1, 0.15) is 124 Å². The summed E-state index contributed by atoms with van der Waals surface area (Å²) >= 11 is 0. The van der Waals surface area contributed by atoms with Crippen LogP contribution in [0.3, 0.4) is 0 Å². The second-order valence-corrected chi connectivity index (χ2v) is 19.1. The number of allylic oxidation sites excluding steroid dienone is 3. The van der Waals surface area contributed by atoms with Crippen LogP contribution in [0.4, 0.5) is 0 Å². The molecule has 13 heteroatoms. The largest absolute Gasteiger partial charge is 0.456 e. The number of esters is 1. The van der Waals surface area contributed by atoms with Crippen molar-refractivity contribution >= 4 is 23.4 Å². The van der Waals surface area contributed by atoms with E-state index in [1.807, 2.05) is 64.1 Å². The molecule has 0 aromatic heterocycles. The number of cyclic esters (lactones) is 1. The minimum atomic E-state index is -2.51. The Kier molecular flexibility index (Phi) is 18.3. The highest BCUT2D eigenvalue weighted by atomic mass is 16.7. The molecule has 1 amide bonds. The third-order valence-electron chi connectivity index (χ3n) is 14.4. The number of nitrogens with zero attached hydrogens (tertiary/aromatic N) is 1. The number of rotatable bonds is 8. The molecule has 2 bridgehead atoms. The quantitative estimate of drug-likeness (QED) is 0.148. The topological polar surface area (TPSA) is 178 Å². The fraction of sp³-hybridized carbons (Fsp3) is 0.720. The summed E-state index contributed by atoms with van der Waals surface area (Å²) in [5.74, 6) is -8.20. The van der Waals surface area contributed by atoms with E-state index in [-0.39, 0.29) is 49.5 Å². The van der Waals surface area contributed by atoms with Crippen LogP contribution in [0.15, 0.2) is 53.6 Å². The minimum Gasteiger partial charge on any atom is -0.456 e. The lowest BCUT2D eigenvalue weighted by molar-refractivity contribution is -0.302. The lowest BCUT2D eigenvalue weighted by atomic mass is 9.76. The highest BCUT2D eigenvalue weighted by Gasteiger charge is 2.56. The van der Waals surface area contributed by atoms with Gasteiger partial charge < -0.3 is 43.9 Å². The van der Waals surface area contributed by atoms with E-state index >= 15 is 0 Å². The van der Waals surface area contributed by atoms with Crippen molar-refractivity contribution in [2.75, 3.05) is 27.9 Å². The second-order valence-electron chi connectivity index (χ2n) is 19.1. The number of benzene rings is 1. The molecule has 2 unspecified atom stereocenters. The summed E-state index contributed by atoms with van der Waals surface area (Å²) < 4.78 is 30.2. The van der Waals surface area contributed by atoms with Crippen molar-refractivity contribution in [1.82, 2.24) is 4.90 Å². The first-order valence-electron chi connectivity index (χ1n) is 23.3. The number of aliphatic hydroxyl groups excluding tert-OH is 2. The Morgan fingerprint density at radius 1 is 0.921 bits per heavy atom. The summed E-state index contributed by atoms with van der Waals surface area (Å²) in [5.41, 5.74) is 2.32. The number of hydrogen-bond donors (Lipinski definition) is 3. The van der Waals surface area contributed by atoms with E-state index in [2.05, 4.69) is 13.0 Å². The molecule has 0 radical (unpaired) electrons. The molecular formula is C50H75NO12. The molecule has 3 heterocycles. The van der Waals surface area contributed by atoms with Gasteiger partial charge in [0.25, 0.3) is 11.7 Å². The van der Waals surface area contributed by atoms with E-state index in [0.717, 1.165) is 11.1 Å². The molecule has 3 N–H and O–H groups in total. The van der Waals surface area contributed by atoms with Gasteiger partial charge >= 0.3 is 5.97 Å². The molecule has 1 aromatic carbocycles. The van der Waals surface area contributed by atoms with E-state index in [1.54, 1.807) is 14.0 Å². The average Bonchev–Trinajstić information content (AvgIpc) is 3.28. The Morgan fingerprint density at radius 3 is 2.24 bits per heavy atom. The molecule has 3 aliphatic heterocycles. The first-order chi connectivity index (χ1) is 30.0. The number of amides is 1. The first-order valence-corrected chi connectivity index (χ1v) is 23.3. The van der Waals surface area contributed by atoms with E-state index in [9.17, 15) is 34.5 Å². The zero-order valence-corrected chi connectivity index (χ0v) is 39.1. The molecule has 15 atom stereocenters. The average molecular weight is 882 g/mol. The van der Waals surface area contributed by atoms with Gasteiger partial charge in [-0.1, -0.05) is 75.8 Å². The number of carbonyl (C=O) groups excluding carboxylic acids is 4. The second kappa shape index (κ2) is 22.7. The Balaban J connectivity index is 1.61. The smallest absolute Gasteiger partial charge is 0.329 e. The molecule has 1 saturated carbocycles. The number of piperidine rings is 1. The molecule has 3 fully saturated rings. The number of ether oxygens (including phenoxy) is 5. The van der Waals surface area contributed by atoms with E-state index < -0.39 is 89.8 Å². The predicted molar refractivity (Wildman–Crippen MR) is 237 cm³/mol. The van der Waals surface area contributed by atoms with Crippen LogP contribution in [0, 0.1) is 35.5 Å². The van der Waals surface area contributed by atoms with Crippen LogP contribution in [-0.4, -0.2) is 120 Å². The van der Waals surface area contributed by atoms with Gasteiger partial charge in [-0.2, -0.15) is 0 Å². The molecule has 4 aliphatic rings. The van der Waals surface area contributed by atoms with Crippen LogP contribution in [-0.2, 0) is 42.9 Å². The van der Waals surface area contributed by atoms with Crippen molar-refractivity contribution in [1.29, 1.82) is 0 Å². The van der Waals surface area contributed by atoms with Gasteiger partial charge in [0.15, 0.2) is 0 Å². The minimum absolute atomic E-state index is 0.00362. The van der Waals surface area contributed by atoms with Crippen molar-refractivity contribution in [2.24, 2.45) is 35.5 Å². The molecular weight excluding hydrogens is 807 g/mol. The summed E-state index contributed by atoms with van der Waals surface area (Å²) in [7, 11) is 4.65. The van der Waals surface area contributed by atoms with Gasteiger partial charge in [-0.3, -0.25) is 14.4 Å². The summed E-state index contributed by atoms with van der Waals surface area (Å²) in [6, 6.07) is 8.01. The third-order valence-corrected chi connectivity index (χ3v) is 14.4. The van der Waals surface area contributed by atoms with E-state index in [1.165, 1.54) is 19.1 Å². The van der Waals surface area contributed by atoms with E-state index in [4.69, 9.17) is 23.7 Å². The predicted octanol–water partition coefficient (Wildman–Crippen LogP) is 6.46. The molecule has 2 saturated heterocycles. The fourth-order valence-electron chi connectivity index (χ4n) is 10.7. The highest BCUT2D eigenvalue weighted by molar-refractivity contribution is 6.39. The molecule has 1 aromatic rings. The van der Waals surface area contributed by atoms with Crippen LogP contribution in [0.2, 0.25) is 0 Å². The fourth-order valence-corrected chi connectivity index (χ4v) is 10.7. The lowest BCUT2D eigenvalue weighted by Crippen LogP contribution is -2.64. The Hall–Kier alpha value is -3.30. The van der Waals surface area contributed by atoms with Gasteiger partial charge in [0.05, 0.1) is 30.5 Å². The van der Waals surface area contributed by atoms with Gasteiger partial charge in [-0.15, -0.1) is 0 Å². The Labute approximate surface area is 374 Å². The number of carbonyl (C=O) groups is 4. The number of hydrogen-bond acceptors (Lipinski definition) is 12. The number of Topliss-reactive ketones (excluding diaryl/α,β-unsaturated/α-hetero) is 2. The van der Waals surface area contributed by atoms with Crippen molar-refractivity contribution in [3.05, 3.63) is 59.2 Å². The monoisotopic (exact) mass is 882 g/mol. The number of aliphatic hydroxyl groups is 3. The number of fused-ring (bicyclic) bond motifs is 3. The van der Waals surface area contributed by atoms with Gasteiger partial charge in [0.1, 0.15) is 24.0 Å². The Bertz CT molecular complexity index is 1770. The van der Waals surface area contributed by atoms with Crippen molar-refractivity contribution in [3.63, 3.8) is 0 Å². The highest BCUT2D eigenvalue weighted by Crippen LogP contribution is 2.40. The number of ketones is 2. The van der Waals surface area contributed by atoms with Crippen LogP contribution < -0.4 is 0 Å². The van der Waals surface area contributed by atoms with Crippen molar-refractivity contribution in [3.8, 4) is 0 Å². The first kappa shape index (κ1) is 50.7. The van der Waals surface area contributed by atoms with Crippen LogP contribution in [0.5, 0.6) is 0 Å². The summed E-state index contributed by atoms with van der Waals surface area (Å²) in [5, 5.41) is 34.8. The van der Waals surface area contributed by atoms with E-state index in [0.29, 0.717) is 56.9 Å². The molecule has 5 rings (SSSR count). The molecule has 63 heavy (non-hydrogen) atoms. The molecule has 352 valence electrons. The maximum absolute atomic E-state index is 14.9. The standard InChI is InChI=1S/C50H75NO12/c1-10-35-23-29(2)22-30(3)24-41(60-8)46-42(61-9)27-33(6)50(58,63-46)47(55)48(56)51-21-15-14-18-38(51)49(57)62-45(31(4)25-34-19-20-39(52)40(28-34)59-7)32(5)26-37(43(35)53)44(54)36-16-12-11-13-17-36/h11-13,16-17,23,25,30,32-35,37-42,44-46,52,54,58H,10,14-15,18-22,24,26-28H2,1-9H3/b29-23+,31-25+/t30-,32+,33+,34-,35+,37?,38-,39+,40+,41-,42-,44?,45+,46+,50+/m0/s1. The molecule has 13 nitrogen and oxygen atoms in total. The number of methoxy groups -OCH3 is 3. The van der Waals surface area contributed by atoms with Gasteiger partial charge in [-0.25, -0.2) is 4.79 Å². The zero-order valence-electron chi connectivity index (χ0n) is 39.1. The zero-order chi connectivity index (χ0) is 46.2. The summed E-state index contributed by atoms with van der Waals surface area (Å²) in [4.78, 5) is 59.6. The maximum Gasteiger partial charge on any atom is 0.329 e.